The number of hydrogen-bond acceptors (Lipinski definition) is 5. The second kappa shape index (κ2) is 10.9. The highest BCUT2D eigenvalue weighted by atomic mass is 16.5. The van der Waals surface area contributed by atoms with Crippen LogP contribution in [0.5, 0.6) is 0 Å². The Kier molecular flexibility index (Phi) is 8.00. The third-order valence-corrected chi connectivity index (χ3v) is 5.78. The zero-order chi connectivity index (χ0) is 23.1. The number of likely N-dealkylation sites (tertiary alicyclic amines) is 1. The fraction of sp³-hybridized carbons (Fsp3) is 0.400. The van der Waals surface area contributed by atoms with Gasteiger partial charge in [0.15, 0.2) is 0 Å². The first-order valence-corrected chi connectivity index (χ1v) is 11.0. The summed E-state index contributed by atoms with van der Waals surface area (Å²) >= 11 is 0. The molecule has 0 bridgehead atoms. The summed E-state index contributed by atoms with van der Waals surface area (Å²) in [5.41, 5.74) is 4.25. The lowest BCUT2D eigenvalue weighted by molar-refractivity contribution is -0.121. The Morgan fingerprint density at radius 2 is 1.59 bits per heavy atom. The molecule has 7 heteroatoms. The van der Waals surface area contributed by atoms with Crippen LogP contribution in [-0.4, -0.2) is 48.9 Å². The highest BCUT2D eigenvalue weighted by Crippen LogP contribution is 2.20. The second-order valence-electron chi connectivity index (χ2n) is 8.18. The summed E-state index contributed by atoms with van der Waals surface area (Å²) in [4.78, 5) is 38.8. The van der Waals surface area contributed by atoms with Gasteiger partial charge < -0.3 is 15.4 Å². The molecule has 0 atom stereocenters. The van der Waals surface area contributed by atoms with Crippen molar-refractivity contribution < 1.29 is 19.1 Å². The molecule has 0 saturated carbocycles. The van der Waals surface area contributed by atoms with Crippen molar-refractivity contribution in [1.82, 2.24) is 4.90 Å². The average molecular weight is 438 g/mol. The van der Waals surface area contributed by atoms with E-state index in [4.69, 9.17) is 4.74 Å². The van der Waals surface area contributed by atoms with Crippen LogP contribution in [0.2, 0.25) is 0 Å². The van der Waals surface area contributed by atoms with E-state index in [0.29, 0.717) is 50.3 Å². The maximum atomic E-state index is 12.6. The number of esters is 1. The number of carbonyl (C=O) groups excluding carboxylic acids is 3. The summed E-state index contributed by atoms with van der Waals surface area (Å²) in [6, 6.07) is 12.6. The third-order valence-electron chi connectivity index (χ3n) is 5.78. The topological polar surface area (TPSA) is 87.7 Å². The number of hydrogen-bond donors (Lipinski definition) is 2. The molecular weight excluding hydrogens is 406 g/mol. The fourth-order valence-electron chi connectivity index (χ4n) is 3.72. The van der Waals surface area contributed by atoms with E-state index in [1.54, 1.807) is 31.2 Å². The van der Waals surface area contributed by atoms with Crippen LogP contribution < -0.4 is 10.6 Å². The zero-order valence-electron chi connectivity index (χ0n) is 18.9. The number of anilines is 2. The first kappa shape index (κ1) is 23.5. The predicted molar refractivity (Wildman–Crippen MR) is 125 cm³/mol. The molecule has 2 aromatic carbocycles. The molecule has 7 nitrogen and oxygen atoms in total. The van der Waals surface area contributed by atoms with Gasteiger partial charge >= 0.3 is 5.97 Å². The minimum absolute atomic E-state index is 0.0342. The summed E-state index contributed by atoms with van der Waals surface area (Å²) in [6.45, 7) is 7.85. The summed E-state index contributed by atoms with van der Waals surface area (Å²) in [5.74, 6) is -0.552. The van der Waals surface area contributed by atoms with Crippen LogP contribution >= 0.6 is 0 Å². The number of nitrogens with one attached hydrogen (secondary N) is 2. The molecule has 2 amide bonds. The van der Waals surface area contributed by atoms with E-state index in [0.717, 1.165) is 11.3 Å². The SMILES string of the molecule is CCOC(=O)c1ccc(NC(=O)C2CCN(CC(=O)Nc3ccc(C)c(C)c3)CC2)cc1. The van der Waals surface area contributed by atoms with Crippen molar-refractivity contribution in [3.05, 3.63) is 59.2 Å². The number of rotatable bonds is 7. The van der Waals surface area contributed by atoms with E-state index in [9.17, 15) is 14.4 Å². The smallest absolute Gasteiger partial charge is 0.338 e. The first-order valence-electron chi connectivity index (χ1n) is 11.0. The molecule has 1 aliphatic heterocycles. The number of ether oxygens (including phenoxy) is 1. The minimum Gasteiger partial charge on any atom is -0.462 e. The van der Waals surface area contributed by atoms with Gasteiger partial charge in [0.2, 0.25) is 11.8 Å². The van der Waals surface area contributed by atoms with Crippen LogP contribution in [0.25, 0.3) is 0 Å². The van der Waals surface area contributed by atoms with Crippen molar-refractivity contribution in [3.8, 4) is 0 Å². The molecule has 2 aromatic rings. The maximum absolute atomic E-state index is 12.6. The van der Waals surface area contributed by atoms with Gasteiger partial charge in [0.25, 0.3) is 0 Å². The molecule has 1 heterocycles. The van der Waals surface area contributed by atoms with E-state index in [1.165, 1.54) is 5.56 Å². The lowest BCUT2D eigenvalue weighted by Crippen LogP contribution is -2.41. The van der Waals surface area contributed by atoms with Gasteiger partial charge in [-0.2, -0.15) is 0 Å². The van der Waals surface area contributed by atoms with Gasteiger partial charge in [-0.15, -0.1) is 0 Å². The molecule has 170 valence electrons. The number of piperidine rings is 1. The number of benzene rings is 2. The van der Waals surface area contributed by atoms with Crippen molar-refractivity contribution in [3.63, 3.8) is 0 Å². The number of amides is 2. The number of nitrogens with zero attached hydrogens (tertiary/aromatic N) is 1. The Morgan fingerprint density at radius 1 is 0.938 bits per heavy atom. The third kappa shape index (κ3) is 6.40. The van der Waals surface area contributed by atoms with Gasteiger partial charge in [-0.25, -0.2) is 4.79 Å². The van der Waals surface area contributed by atoms with Crippen LogP contribution in [0.4, 0.5) is 11.4 Å². The Bertz CT molecular complexity index is 964. The highest BCUT2D eigenvalue weighted by molar-refractivity contribution is 5.94. The number of aryl methyl sites for hydroxylation is 2. The van der Waals surface area contributed by atoms with Crippen molar-refractivity contribution in [1.29, 1.82) is 0 Å². The summed E-state index contributed by atoms with van der Waals surface area (Å²) in [7, 11) is 0. The first-order chi connectivity index (χ1) is 15.4. The molecule has 3 rings (SSSR count). The largest absolute Gasteiger partial charge is 0.462 e. The van der Waals surface area contributed by atoms with Gasteiger partial charge in [0.05, 0.1) is 18.7 Å². The summed E-state index contributed by atoms with van der Waals surface area (Å²) in [5, 5.41) is 5.87. The lowest BCUT2D eigenvalue weighted by Gasteiger charge is -2.30. The average Bonchev–Trinajstić information content (AvgIpc) is 2.77. The molecule has 1 aliphatic rings. The zero-order valence-corrected chi connectivity index (χ0v) is 18.9. The van der Waals surface area contributed by atoms with Gasteiger partial charge in [-0.05, 0) is 94.2 Å². The molecule has 0 aliphatic carbocycles. The molecule has 32 heavy (non-hydrogen) atoms. The van der Waals surface area contributed by atoms with Crippen molar-refractivity contribution >= 4 is 29.2 Å². The standard InChI is InChI=1S/C25H31N3O4/c1-4-32-25(31)20-6-9-21(10-7-20)27-24(30)19-11-13-28(14-12-19)16-23(29)26-22-8-5-17(2)18(3)15-22/h5-10,15,19H,4,11-14,16H2,1-3H3,(H,26,29)(H,27,30). The summed E-state index contributed by atoms with van der Waals surface area (Å²) < 4.78 is 4.97. The van der Waals surface area contributed by atoms with Crippen LogP contribution in [0.15, 0.2) is 42.5 Å². The molecule has 1 fully saturated rings. The van der Waals surface area contributed by atoms with Crippen LogP contribution in [0.1, 0.15) is 41.3 Å². The van der Waals surface area contributed by atoms with E-state index >= 15 is 0 Å². The minimum atomic E-state index is -0.376. The molecular formula is C25H31N3O4. The molecule has 0 spiro atoms. The Morgan fingerprint density at radius 3 is 2.22 bits per heavy atom. The van der Waals surface area contributed by atoms with Crippen molar-refractivity contribution in [2.45, 2.75) is 33.6 Å². The van der Waals surface area contributed by atoms with Gasteiger partial charge in [0, 0.05) is 17.3 Å². The quantitative estimate of drug-likeness (QED) is 0.644. The van der Waals surface area contributed by atoms with Gasteiger partial charge in [-0.1, -0.05) is 6.07 Å². The Labute approximate surface area is 189 Å². The molecule has 0 unspecified atom stereocenters. The number of carbonyl (C=O) groups is 3. The monoisotopic (exact) mass is 437 g/mol. The van der Waals surface area contributed by atoms with Gasteiger partial charge in [0.1, 0.15) is 0 Å². The molecule has 0 radical (unpaired) electrons. The van der Waals surface area contributed by atoms with E-state index in [-0.39, 0.29) is 23.7 Å². The normalized spacial score (nSPS) is 14.6. The van der Waals surface area contributed by atoms with E-state index < -0.39 is 0 Å². The van der Waals surface area contributed by atoms with E-state index in [2.05, 4.69) is 15.5 Å². The van der Waals surface area contributed by atoms with Crippen LogP contribution in [-0.2, 0) is 14.3 Å². The Balaban J connectivity index is 1.43. The lowest BCUT2D eigenvalue weighted by atomic mass is 9.95. The Hall–Kier alpha value is -3.19. The highest BCUT2D eigenvalue weighted by Gasteiger charge is 2.26. The van der Waals surface area contributed by atoms with Crippen molar-refractivity contribution in [2.75, 3.05) is 36.9 Å². The fourth-order valence-corrected chi connectivity index (χ4v) is 3.72. The summed E-state index contributed by atoms with van der Waals surface area (Å²) in [6.07, 6.45) is 1.40. The van der Waals surface area contributed by atoms with E-state index in [1.807, 2.05) is 32.0 Å². The second-order valence-corrected chi connectivity index (χ2v) is 8.18. The van der Waals surface area contributed by atoms with Crippen molar-refractivity contribution in [2.24, 2.45) is 5.92 Å². The molecule has 0 aromatic heterocycles. The van der Waals surface area contributed by atoms with Crippen LogP contribution in [0.3, 0.4) is 0 Å². The maximum Gasteiger partial charge on any atom is 0.338 e. The predicted octanol–water partition coefficient (Wildman–Crippen LogP) is 3.77. The molecule has 2 N–H and O–H groups in total. The van der Waals surface area contributed by atoms with Crippen LogP contribution in [0, 0.1) is 19.8 Å². The van der Waals surface area contributed by atoms with Gasteiger partial charge in [-0.3, -0.25) is 14.5 Å². The molecule has 1 saturated heterocycles.